The summed E-state index contributed by atoms with van der Waals surface area (Å²) in [5, 5.41) is 1.01. The molecule has 2 aromatic rings. The monoisotopic (exact) mass is 188 g/mol. The molecule has 14 heavy (non-hydrogen) atoms. The number of fused-ring (bicyclic) bond motifs is 1. The molecule has 0 spiro atoms. The summed E-state index contributed by atoms with van der Waals surface area (Å²) in [7, 11) is 0. The number of pyridine rings is 2. The Morgan fingerprint density at radius 3 is 2.71 bits per heavy atom. The quantitative estimate of drug-likeness (QED) is 0.683. The van der Waals surface area contributed by atoms with Gasteiger partial charge in [0.05, 0.1) is 0 Å². The van der Waals surface area contributed by atoms with E-state index in [-0.39, 0.29) is 5.56 Å². The second kappa shape index (κ2) is 3.25. The zero-order valence-corrected chi connectivity index (χ0v) is 8.32. The van der Waals surface area contributed by atoms with Crippen LogP contribution in [0.25, 0.3) is 11.0 Å². The number of hydrogen-bond donors (Lipinski definition) is 0. The number of aromatic nitrogens is 2. The Balaban J connectivity index is 2.91. The van der Waals surface area contributed by atoms with E-state index in [9.17, 15) is 4.79 Å². The molecule has 2 aromatic heterocycles. The molecule has 2 rings (SSSR count). The maximum atomic E-state index is 11.5. The number of aryl methyl sites for hydroxylation is 2. The molecule has 0 unspecified atom stereocenters. The van der Waals surface area contributed by atoms with Gasteiger partial charge in [0.2, 0.25) is 0 Å². The highest BCUT2D eigenvalue weighted by molar-refractivity contribution is 5.74. The van der Waals surface area contributed by atoms with Crippen molar-refractivity contribution in [3.05, 3.63) is 40.3 Å². The van der Waals surface area contributed by atoms with Gasteiger partial charge >= 0.3 is 0 Å². The highest BCUT2D eigenvalue weighted by atomic mass is 16.1. The fourth-order valence-corrected chi connectivity index (χ4v) is 1.56. The van der Waals surface area contributed by atoms with Crippen LogP contribution in [-0.2, 0) is 6.54 Å². The van der Waals surface area contributed by atoms with Crippen LogP contribution < -0.4 is 5.56 Å². The normalized spacial score (nSPS) is 10.7. The van der Waals surface area contributed by atoms with E-state index in [1.807, 2.05) is 32.0 Å². The van der Waals surface area contributed by atoms with Crippen LogP contribution in [0.5, 0.6) is 0 Å². The van der Waals surface area contributed by atoms with Crippen molar-refractivity contribution in [2.75, 3.05) is 0 Å². The predicted molar refractivity (Wildman–Crippen MR) is 56.4 cm³/mol. The molecular weight excluding hydrogens is 176 g/mol. The van der Waals surface area contributed by atoms with E-state index in [2.05, 4.69) is 4.98 Å². The molecule has 0 aromatic carbocycles. The fourth-order valence-electron chi connectivity index (χ4n) is 1.56. The highest BCUT2D eigenvalue weighted by Gasteiger charge is 2.01. The first-order chi connectivity index (χ1) is 6.72. The Bertz CT molecular complexity index is 528. The van der Waals surface area contributed by atoms with Crippen molar-refractivity contribution in [2.24, 2.45) is 0 Å². The third-order valence-electron chi connectivity index (χ3n) is 2.29. The van der Waals surface area contributed by atoms with Gasteiger partial charge in [0.25, 0.3) is 5.56 Å². The van der Waals surface area contributed by atoms with E-state index in [0.717, 1.165) is 16.7 Å². The van der Waals surface area contributed by atoms with E-state index in [0.29, 0.717) is 6.54 Å². The molecule has 0 radical (unpaired) electrons. The van der Waals surface area contributed by atoms with Gasteiger partial charge in [-0.25, -0.2) is 4.98 Å². The molecule has 3 heteroatoms. The summed E-state index contributed by atoms with van der Waals surface area (Å²) in [6.45, 7) is 4.54. The van der Waals surface area contributed by atoms with Crippen LogP contribution in [0.15, 0.2) is 29.1 Å². The Morgan fingerprint density at radius 1 is 1.29 bits per heavy atom. The number of nitrogens with zero attached hydrogens (tertiary/aromatic N) is 2. The number of hydrogen-bond acceptors (Lipinski definition) is 2. The van der Waals surface area contributed by atoms with Crippen molar-refractivity contribution < 1.29 is 0 Å². The Kier molecular flexibility index (Phi) is 2.08. The summed E-state index contributed by atoms with van der Waals surface area (Å²) in [6.07, 6.45) is 0. The summed E-state index contributed by atoms with van der Waals surface area (Å²) in [6, 6.07) is 7.34. The molecule has 0 fully saturated rings. The summed E-state index contributed by atoms with van der Waals surface area (Å²) < 4.78 is 1.68. The molecule has 3 nitrogen and oxygen atoms in total. The minimum atomic E-state index is 0.0121. The first kappa shape index (κ1) is 8.94. The van der Waals surface area contributed by atoms with Crippen LogP contribution in [0.1, 0.15) is 12.6 Å². The van der Waals surface area contributed by atoms with Crippen molar-refractivity contribution >= 4 is 11.0 Å². The van der Waals surface area contributed by atoms with E-state index >= 15 is 0 Å². The molecule has 72 valence electrons. The van der Waals surface area contributed by atoms with Crippen LogP contribution in [0.3, 0.4) is 0 Å². The topological polar surface area (TPSA) is 34.9 Å². The van der Waals surface area contributed by atoms with Crippen molar-refractivity contribution in [3.63, 3.8) is 0 Å². The average molecular weight is 188 g/mol. The largest absolute Gasteiger partial charge is 0.293 e. The summed E-state index contributed by atoms with van der Waals surface area (Å²) in [4.78, 5) is 15.9. The third kappa shape index (κ3) is 1.31. The molecule has 0 saturated heterocycles. The summed E-state index contributed by atoms with van der Waals surface area (Å²) in [5.41, 5.74) is 1.73. The molecule has 0 aliphatic rings. The summed E-state index contributed by atoms with van der Waals surface area (Å²) in [5.74, 6) is 0. The van der Waals surface area contributed by atoms with Gasteiger partial charge in [-0.05, 0) is 32.0 Å². The van der Waals surface area contributed by atoms with Crippen LogP contribution >= 0.6 is 0 Å². The predicted octanol–water partition coefficient (Wildman–Crippen LogP) is 1.72. The lowest BCUT2D eigenvalue weighted by molar-refractivity contribution is 0.748. The number of rotatable bonds is 1. The minimum absolute atomic E-state index is 0.0121. The fraction of sp³-hybridized carbons (Fsp3) is 0.273. The molecule has 0 aliphatic heterocycles. The van der Waals surface area contributed by atoms with E-state index in [1.54, 1.807) is 10.6 Å². The van der Waals surface area contributed by atoms with Crippen molar-refractivity contribution in [1.29, 1.82) is 0 Å². The van der Waals surface area contributed by atoms with Gasteiger partial charge in [0, 0.05) is 23.7 Å². The smallest absolute Gasteiger partial charge is 0.252 e. The second-order valence-electron chi connectivity index (χ2n) is 3.28. The molecule has 0 bridgehead atoms. The second-order valence-corrected chi connectivity index (χ2v) is 3.28. The van der Waals surface area contributed by atoms with Gasteiger partial charge in [0.15, 0.2) is 0 Å². The highest BCUT2D eigenvalue weighted by Crippen LogP contribution is 2.09. The first-order valence-corrected chi connectivity index (χ1v) is 4.69. The average Bonchev–Trinajstić information content (AvgIpc) is 2.17. The van der Waals surface area contributed by atoms with Crippen LogP contribution in [0.2, 0.25) is 0 Å². The molecule has 0 saturated carbocycles. The third-order valence-corrected chi connectivity index (χ3v) is 2.29. The Hall–Kier alpha value is -1.64. The maximum absolute atomic E-state index is 11.5. The summed E-state index contributed by atoms with van der Waals surface area (Å²) >= 11 is 0. The van der Waals surface area contributed by atoms with Gasteiger partial charge in [-0.2, -0.15) is 0 Å². The minimum Gasteiger partial charge on any atom is -0.293 e. The van der Waals surface area contributed by atoms with E-state index in [4.69, 9.17) is 0 Å². The lowest BCUT2D eigenvalue weighted by atomic mass is 10.2. The molecule has 2 heterocycles. The SMILES string of the molecule is CCn1c(=O)ccc2ccc(C)nc21. The Labute approximate surface area is 82.0 Å². The zero-order valence-electron chi connectivity index (χ0n) is 8.32. The van der Waals surface area contributed by atoms with Gasteiger partial charge < -0.3 is 0 Å². The van der Waals surface area contributed by atoms with Gasteiger partial charge in [-0.3, -0.25) is 9.36 Å². The van der Waals surface area contributed by atoms with Crippen LogP contribution in [0.4, 0.5) is 0 Å². The van der Waals surface area contributed by atoms with Crippen LogP contribution in [-0.4, -0.2) is 9.55 Å². The molecule has 0 atom stereocenters. The standard InChI is InChI=1S/C11H12N2O/c1-3-13-10(14)7-6-9-5-4-8(2)12-11(9)13/h4-7H,3H2,1-2H3. The van der Waals surface area contributed by atoms with Crippen LogP contribution in [0, 0.1) is 6.92 Å². The Morgan fingerprint density at radius 2 is 2.00 bits per heavy atom. The van der Waals surface area contributed by atoms with Gasteiger partial charge in [-0.15, -0.1) is 0 Å². The van der Waals surface area contributed by atoms with Crippen molar-refractivity contribution in [1.82, 2.24) is 9.55 Å². The lowest BCUT2D eigenvalue weighted by Gasteiger charge is -2.06. The molecule has 0 aliphatic carbocycles. The van der Waals surface area contributed by atoms with E-state index in [1.165, 1.54) is 0 Å². The first-order valence-electron chi connectivity index (χ1n) is 4.69. The molecule has 0 amide bonds. The lowest BCUT2D eigenvalue weighted by Crippen LogP contribution is -2.18. The molecule has 0 N–H and O–H groups in total. The van der Waals surface area contributed by atoms with E-state index < -0.39 is 0 Å². The van der Waals surface area contributed by atoms with Gasteiger partial charge in [0.1, 0.15) is 5.65 Å². The van der Waals surface area contributed by atoms with Crippen molar-refractivity contribution in [2.45, 2.75) is 20.4 Å². The zero-order chi connectivity index (χ0) is 10.1. The van der Waals surface area contributed by atoms with Crippen molar-refractivity contribution in [3.8, 4) is 0 Å². The molecular formula is C11H12N2O. The van der Waals surface area contributed by atoms with Gasteiger partial charge in [-0.1, -0.05) is 0 Å². The maximum Gasteiger partial charge on any atom is 0.252 e.